The Morgan fingerprint density at radius 3 is 3.06 bits per heavy atom. The Bertz CT molecular complexity index is 367. The quantitative estimate of drug-likeness (QED) is 0.873. The molecule has 2 N–H and O–H groups in total. The zero-order valence-electron chi connectivity index (χ0n) is 10.4. The summed E-state index contributed by atoms with van der Waals surface area (Å²) < 4.78 is 13.6. The molecule has 1 aromatic heterocycles. The SMILES string of the molecule is CCC1CCCC(C(N)c2ncccc2F)C1. The lowest BCUT2D eigenvalue weighted by Gasteiger charge is -2.32. The Morgan fingerprint density at radius 2 is 2.35 bits per heavy atom. The summed E-state index contributed by atoms with van der Waals surface area (Å²) in [4.78, 5) is 4.10. The molecular weight excluding hydrogens is 215 g/mol. The standard InChI is InChI=1S/C14H21FN2/c1-2-10-5-3-6-11(9-10)13(16)14-12(15)7-4-8-17-14/h4,7-8,10-11,13H,2-3,5-6,9,16H2,1H3. The lowest BCUT2D eigenvalue weighted by molar-refractivity contribution is 0.226. The maximum Gasteiger partial charge on any atom is 0.146 e. The molecule has 3 unspecified atom stereocenters. The van der Waals surface area contributed by atoms with E-state index in [1.165, 1.54) is 25.3 Å². The Morgan fingerprint density at radius 1 is 1.53 bits per heavy atom. The molecule has 0 bridgehead atoms. The molecule has 3 atom stereocenters. The fourth-order valence-corrected chi connectivity index (χ4v) is 2.90. The van der Waals surface area contributed by atoms with Crippen molar-refractivity contribution in [2.24, 2.45) is 17.6 Å². The molecule has 1 aliphatic carbocycles. The van der Waals surface area contributed by atoms with Crippen LogP contribution < -0.4 is 5.73 Å². The van der Waals surface area contributed by atoms with E-state index in [9.17, 15) is 4.39 Å². The molecule has 2 rings (SSSR count). The van der Waals surface area contributed by atoms with Gasteiger partial charge in [-0.3, -0.25) is 4.98 Å². The number of pyridine rings is 1. The molecule has 94 valence electrons. The van der Waals surface area contributed by atoms with Gasteiger partial charge in [0.2, 0.25) is 0 Å². The summed E-state index contributed by atoms with van der Waals surface area (Å²) in [6.45, 7) is 2.22. The van der Waals surface area contributed by atoms with Gasteiger partial charge in [-0.15, -0.1) is 0 Å². The van der Waals surface area contributed by atoms with Gasteiger partial charge in [0, 0.05) is 6.20 Å². The van der Waals surface area contributed by atoms with E-state index in [2.05, 4.69) is 11.9 Å². The minimum atomic E-state index is -0.265. The van der Waals surface area contributed by atoms with Gasteiger partial charge in [0.15, 0.2) is 0 Å². The number of halogens is 1. The van der Waals surface area contributed by atoms with E-state index in [4.69, 9.17) is 5.73 Å². The molecule has 0 radical (unpaired) electrons. The maximum absolute atomic E-state index is 13.6. The van der Waals surface area contributed by atoms with E-state index in [1.807, 2.05) is 0 Å². The number of nitrogens with zero attached hydrogens (tertiary/aromatic N) is 1. The highest BCUT2D eigenvalue weighted by molar-refractivity contribution is 5.12. The highest BCUT2D eigenvalue weighted by atomic mass is 19.1. The Balaban J connectivity index is 2.09. The van der Waals surface area contributed by atoms with Crippen LogP contribution in [-0.2, 0) is 0 Å². The molecule has 0 aromatic carbocycles. The number of aromatic nitrogens is 1. The summed E-state index contributed by atoms with van der Waals surface area (Å²) in [6, 6.07) is 2.81. The van der Waals surface area contributed by atoms with Crippen molar-refractivity contribution in [2.45, 2.75) is 45.1 Å². The molecular formula is C14H21FN2. The zero-order chi connectivity index (χ0) is 12.3. The Labute approximate surface area is 102 Å². The van der Waals surface area contributed by atoms with E-state index in [0.29, 0.717) is 11.6 Å². The normalized spacial score (nSPS) is 26.8. The van der Waals surface area contributed by atoms with Crippen molar-refractivity contribution in [3.63, 3.8) is 0 Å². The molecule has 1 fully saturated rings. The molecule has 1 heterocycles. The van der Waals surface area contributed by atoms with Crippen LogP contribution in [0.4, 0.5) is 4.39 Å². The minimum absolute atomic E-state index is 0.245. The summed E-state index contributed by atoms with van der Waals surface area (Å²) in [5.74, 6) is 0.878. The predicted molar refractivity (Wildman–Crippen MR) is 66.9 cm³/mol. The molecule has 0 spiro atoms. The van der Waals surface area contributed by atoms with Crippen LogP contribution in [0.5, 0.6) is 0 Å². The van der Waals surface area contributed by atoms with E-state index in [1.54, 1.807) is 12.3 Å². The largest absolute Gasteiger partial charge is 0.322 e. The highest BCUT2D eigenvalue weighted by Gasteiger charge is 2.28. The summed E-state index contributed by atoms with van der Waals surface area (Å²) in [5.41, 5.74) is 6.62. The molecule has 1 aliphatic rings. The molecule has 1 aromatic rings. The summed E-state index contributed by atoms with van der Waals surface area (Å²) in [7, 11) is 0. The zero-order valence-corrected chi connectivity index (χ0v) is 10.4. The minimum Gasteiger partial charge on any atom is -0.322 e. The van der Waals surface area contributed by atoms with Gasteiger partial charge in [-0.1, -0.05) is 26.2 Å². The maximum atomic E-state index is 13.6. The molecule has 0 saturated heterocycles. The first-order valence-corrected chi connectivity index (χ1v) is 6.58. The van der Waals surface area contributed by atoms with Gasteiger partial charge in [0.25, 0.3) is 0 Å². The lowest BCUT2D eigenvalue weighted by atomic mass is 9.76. The van der Waals surface area contributed by atoms with Crippen molar-refractivity contribution < 1.29 is 4.39 Å². The number of nitrogens with two attached hydrogens (primary N) is 1. The second kappa shape index (κ2) is 5.58. The van der Waals surface area contributed by atoms with Gasteiger partial charge in [-0.2, -0.15) is 0 Å². The third-order valence-corrected chi connectivity index (χ3v) is 4.01. The number of rotatable bonds is 3. The first kappa shape index (κ1) is 12.5. The van der Waals surface area contributed by atoms with E-state index in [0.717, 1.165) is 18.8 Å². The Kier molecular flexibility index (Phi) is 4.11. The molecule has 0 aliphatic heterocycles. The predicted octanol–water partition coefficient (Wildman–Crippen LogP) is 3.44. The van der Waals surface area contributed by atoms with Crippen LogP contribution in [0.2, 0.25) is 0 Å². The van der Waals surface area contributed by atoms with Crippen molar-refractivity contribution >= 4 is 0 Å². The fourth-order valence-electron chi connectivity index (χ4n) is 2.90. The van der Waals surface area contributed by atoms with Crippen molar-refractivity contribution in [1.29, 1.82) is 0 Å². The second-order valence-corrected chi connectivity index (χ2v) is 5.10. The van der Waals surface area contributed by atoms with Crippen molar-refractivity contribution in [1.82, 2.24) is 4.98 Å². The molecule has 17 heavy (non-hydrogen) atoms. The van der Waals surface area contributed by atoms with Crippen LogP contribution in [0.25, 0.3) is 0 Å². The fraction of sp³-hybridized carbons (Fsp3) is 0.643. The second-order valence-electron chi connectivity index (χ2n) is 5.10. The van der Waals surface area contributed by atoms with Crippen LogP contribution in [-0.4, -0.2) is 4.98 Å². The summed E-state index contributed by atoms with van der Waals surface area (Å²) >= 11 is 0. The van der Waals surface area contributed by atoms with Crippen molar-refractivity contribution in [3.8, 4) is 0 Å². The smallest absolute Gasteiger partial charge is 0.146 e. The first-order valence-electron chi connectivity index (χ1n) is 6.58. The molecule has 3 heteroatoms. The first-order chi connectivity index (χ1) is 8.22. The number of hydrogen-bond acceptors (Lipinski definition) is 2. The van der Waals surface area contributed by atoms with E-state index in [-0.39, 0.29) is 11.9 Å². The van der Waals surface area contributed by atoms with Gasteiger partial charge in [0.1, 0.15) is 5.82 Å². The average Bonchev–Trinajstić information content (AvgIpc) is 2.38. The highest BCUT2D eigenvalue weighted by Crippen LogP contribution is 2.37. The third-order valence-electron chi connectivity index (χ3n) is 4.01. The van der Waals surface area contributed by atoms with Crippen LogP contribution in [0.3, 0.4) is 0 Å². The summed E-state index contributed by atoms with van der Waals surface area (Å²) in [5, 5.41) is 0. The Hall–Kier alpha value is -0.960. The third kappa shape index (κ3) is 2.83. The number of hydrogen-bond donors (Lipinski definition) is 1. The van der Waals surface area contributed by atoms with Gasteiger partial charge >= 0.3 is 0 Å². The van der Waals surface area contributed by atoms with Crippen LogP contribution in [0.1, 0.15) is 50.8 Å². The van der Waals surface area contributed by atoms with Gasteiger partial charge in [-0.25, -0.2) is 4.39 Å². The van der Waals surface area contributed by atoms with E-state index < -0.39 is 0 Å². The molecule has 2 nitrogen and oxygen atoms in total. The van der Waals surface area contributed by atoms with Gasteiger partial charge in [-0.05, 0) is 36.8 Å². The topological polar surface area (TPSA) is 38.9 Å². The average molecular weight is 236 g/mol. The lowest BCUT2D eigenvalue weighted by Crippen LogP contribution is -2.28. The molecule has 1 saturated carbocycles. The molecule has 0 amide bonds. The summed E-state index contributed by atoms with van der Waals surface area (Å²) in [6.07, 6.45) is 7.56. The van der Waals surface area contributed by atoms with Gasteiger partial charge < -0.3 is 5.73 Å². The van der Waals surface area contributed by atoms with Crippen LogP contribution in [0.15, 0.2) is 18.3 Å². The van der Waals surface area contributed by atoms with E-state index >= 15 is 0 Å². The van der Waals surface area contributed by atoms with Crippen molar-refractivity contribution in [3.05, 3.63) is 29.8 Å². The van der Waals surface area contributed by atoms with Gasteiger partial charge in [0.05, 0.1) is 11.7 Å². The van der Waals surface area contributed by atoms with Crippen LogP contribution in [0, 0.1) is 17.7 Å². The van der Waals surface area contributed by atoms with Crippen molar-refractivity contribution in [2.75, 3.05) is 0 Å². The monoisotopic (exact) mass is 236 g/mol. The van der Waals surface area contributed by atoms with Crippen LogP contribution >= 0.6 is 0 Å².